The first-order valence-electron chi connectivity index (χ1n) is 12.5. The van der Waals surface area contributed by atoms with Gasteiger partial charge in [0.1, 0.15) is 17.8 Å². The van der Waals surface area contributed by atoms with E-state index in [0.29, 0.717) is 18.7 Å². The van der Waals surface area contributed by atoms with Gasteiger partial charge in [0.25, 0.3) is 0 Å². The normalized spacial score (nSPS) is 19.4. The number of rotatable bonds is 6. The molecule has 1 fully saturated rings. The van der Waals surface area contributed by atoms with Gasteiger partial charge in [-0.3, -0.25) is 9.59 Å². The highest BCUT2D eigenvalue weighted by Gasteiger charge is 2.48. The quantitative estimate of drug-likeness (QED) is 0.443. The van der Waals surface area contributed by atoms with Crippen LogP contribution in [0.25, 0.3) is 10.9 Å². The van der Waals surface area contributed by atoms with E-state index in [1.807, 2.05) is 60.7 Å². The van der Waals surface area contributed by atoms with Crippen LogP contribution in [0.2, 0.25) is 0 Å². The van der Waals surface area contributed by atoms with Crippen molar-refractivity contribution >= 4 is 22.7 Å². The first-order valence-corrected chi connectivity index (χ1v) is 12.5. The van der Waals surface area contributed by atoms with Crippen molar-refractivity contribution in [3.05, 3.63) is 101 Å². The zero-order valence-electron chi connectivity index (χ0n) is 20.3. The summed E-state index contributed by atoms with van der Waals surface area (Å²) in [7, 11) is 1.64. The number of H-pyrrole nitrogens is 1. The van der Waals surface area contributed by atoms with Gasteiger partial charge >= 0.3 is 0 Å². The van der Waals surface area contributed by atoms with Crippen molar-refractivity contribution in [3.8, 4) is 5.75 Å². The maximum absolute atomic E-state index is 13.8. The van der Waals surface area contributed by atoms with Gasteiger partial charge in [-0.15, -0.1) is 0 Å². The molecular formula is C30H29N3O3. The Hall–Kier alpha value is -4.06. The number of aromatic nitrogens is 1. The van der Waals surface area contributed by atoms with E-state index in [0.717, 1.165) is 40.6 Å². The molecule has 4 aromatic rings. The van der Waals surface area contributed by atoms with Crippen LogP contribution in [0.3, 0.4) is 0 Å². The SMILES string of the molecule is COc1ccccc1[C@@H]1c2[nH]c3ccccc3c2C[C@H]2C(=O)N(CCCc3ccccc3)CC(=O)N12. The minimum Gasteiger partial charge on any atom is -0.496 e. The first kappa shape index (κ1) is 22.4. The molecule has 2 aliphatic heterocycles. The number of carbonyl (C=O) groups excluding carboxylic acids is 2. The lowest BCUT2D eigenvalue weighted by Crippen LogP contribution is -2.63. The molecule has 6 rings (SSSR count). The van der Waals surface area contributed by atoms with Gasteiger partial charge in [0.2, 0.25) is 11.8 Å². The molecule has 0 unspecified atom stereocenters. The molecular weight excluding hydrogens is 450 g/mol. The molecule has 1 saturated heterocycles. The van der Waals surface area contributed by atoms with Crippen molar-refractivity contribution in [1.82, 2.24) is 14.8 Å². The number of nitrogens with zero attached hydrogens (tertiary/aromatic N) is 2. The summed E-state index contributed by atoms with van der Waals surface area (Å²) in [6.07, 6.45) is 2.21. The maximum Gasteiger partial charge on any atom is 0.246 e. The second kappa shape index (κ2) is 9.19. The third-order valence-electron chi connectivity index (χ3n) is 7.51. The highest BCUT2D eigenvalue weighted by atomic mass is 16.5. The number of benzene rings is 3. The van der Waals surface area contributed by atoms with Gasteiger partial charge in [-0.2, -0.15) is 0 Å². The van der Waals surface area contributed by atoms with E-state index in [9.17, 15) is 9.59 Å². The Bertz CT molecular complexity index is 1430. The minimum atomic E-state index is -0.537. The van der Waals surface area contributed by atoms with E-state index < -0.39 is 12.1 Å². The molecule has 0 bridgehead atoms. The molecule has 6 heteroatoms. The van der Waals surface area contributed by atoms with Crippen LogP contribution in [0.5, 0.6) is 5.75 Å². The van der Waals surface area contributed by atoms with E-state index in [1.165, 1.54) is 5.56 Å². The predicted octanol–water partition coefficient (Wildman–Crippen LogP) is 4.49. The summed E-state index contributed by atoms with van der Waals surface area (Å²) in [4.78, 5) is 34.7. The lowest BCUT2D eigenvalue weighted by molar-refractivity contribution is -0.158. The maximum atomic E-state index is 13.8. The highest BCUT2D eigenvalue weighted by Crippen LogP contribution is 2.44. The van der Waals surface area contributed by atoms with Crippen LogP contribution in [0.15, 0.2) is 78.9 Å². The summed E-state index contributed by atoms with van der Waals surface area (Å²) in [5, 5.41) is 1.11. The van der Waals surface area contributed by atoms with E-state index in [4.69, 9.17) is 4.74 Å². The Labute approximate surface area is 210 Å². The van der Waals surface area contributed by atoms with E-state index in [1.54, 1.807) is 16.9 Å². The van der Waals surface area contributed by atoms with Crippen LogP contribution in [-0.2, 0) is 22.4 Å². The number of fused-ring (bicyclic) bond motifs is 4. The molecule has 2 amide bonds. The molecule has 3 aromatic carbocycles. The number of ether oxygens (including phenoxy) is 1. The molecule has 0 spiro atoms. The molecule has 36 heavy (non-hydrogen) atoms. The largest absolute Gasteiger partial charge is 0.496 e. The Kier molecular flexibility index (Phi) is 5.72. The van der Waals surface area contributed by atoms with Crippen LogP contribution in [0.4, 0.5) is 0 Å². The van der Waals surface area contributed by atoms with Crippen LogP contribution >= 0.6 is 0 Å². The Morgan fingerprint density at radius 1 is 0.944 bits per heavy atom. The molecule has 0 saturated carbocycles. The van der Waals surface area contributed by atoms with Crippen molar-refractivity contribution in [2.24, 2.45) is 0 Å². The summed E-state index contributed by atoms with van der Waals surface area (Å²) >= 11 is 0. The topological polar surface area (TPSA) is 65.6 Å². The molecule has 2 atom stereocenters. The molecule has 0 aliphatic carbocycles. The van der Waals surface area contributed by atoms with Crippen LogP contribution < -0.4 is 4.74 Å². The number of carbonyl (C=O) groups is 2. The summed E-state index contributed by atoms with van der Waals surface area (Å²) in [6.45, 7) is 0.676. The van der Waals surface area contributed by atoms with Gasteiger partial charge in [-0.1, -0.05) is 66.7 Å². The standard InChI is InChI=1S/C30H29N3O3/c1-36-26-16-8-6-14-22(26)29-28-23(21-13-5-7-15-24(21)31-28)18-25-30(35)32(19-27(34)33(25)29)17-9-12-20-10-3-2-4-11-20/h2-8,10-11,13-16,25,29,31H,9,12,17-19H2,1H3/t25-,29+/m0/s1. The summed E-state index contributed by atoms with van der Waals surface area (Å²) in [5.74, 6) is 0.705. The fourth-order valence-corrected chi connectivity index (χ4v) is 5.85. The van der Waals surface area contributed by atoms with Crippen LogP contribution in [0, 0.1) is 0 Å². The lowest BCUT2D eigenvalue weighted by atomic mass is 9.86. The summed E-state index contributed by atoms with van der Waals surface area (Å²) < 4.78 is 5.70. The molecule has 1 aromatic heterocycles. The van der Waals surface area contributed by atoms with E-state index in [-0.39, 0.29) is 18.4 Å². The number of aromatic amines is 1. The minimum absolute atomic E-state index is 0.0264. The van der Waals surface area contributed by atoms with Gasteiger partial charge in [0.05, 0.1) is 13.7 Å². The number of hydrogen-bond acceptors (Lipinski definition) is 3. The zero-order valence-corrected chi connectivity index (χ0v) is 20.3. The molecule has 3 heterocycles. The molecule has 2 aliphatic rings. The average Bonchev–Trinajstić information content (AvgIpc) is 3.29. The van der Waals surface area contributed by atoms with Crippen molar-refractivity contribution in [2.45, 2.75) is 31.3 Å². The fraction of sp³-hybridized carbons (Fsp3) is 0.267. The summed E-state index contributed by atoms with van der Waals surface area (Å²) in [6, 6.07) is 25.2. The van der Waals surface area contributed by atoms with E-state index in [2.05, 4.69) is 23.2 Å². The molecule has 182 valence electrons. The predicted molar refractivity (Wildman–Crippen MR) is 139 cm³/mol. The van der Waals surface area contributed by atoms with Crippen molar-refractivity contribution < 1.29 is 14.3 Å². The van der Waals surface area contributed by atoms with Gasteiger partial charge in [-0.25, -0.2) is 0 Å². The monoisotopic (exact) mass is 479 g/mol. The Morgan fingerprint density at radius 2 is 1.69 bits per heavy atom. The van der Waals surface area contributed by atoms with Crippen LogP contribution in [-0.4, -0.2) is 52.8 Å². The molecule has 0 radical (unpaired) electrons. The Morgan fingerprint density at radius 3 is 2.53 bits per heavy atom. The fourth-order valence-electron chi connectivity index (χ4n) is 5.85. The van der Waals surface area contributed by atoms with E-state index >= 15 is 0 Å². The van der Waals surface area contributed by atoms with Crippen molar-refractivity contribution in [2.75, 3.05) is 20.2 Å². The average molecular weight is 480 g/mol. The van der Waals surface area contributed by atoms with Crippen molar-refractivity contribution in [1.29, 1.82) is 0 Å². The third kappa shape index (κ3) is 3.73. The number of hydrogen-bond donors (Lipinski definition) is 1. The number of para-hydroxylation sites is 2. The van der Waals surface area contributed by atoms with Gasteiger partial charge < -0.3 is 19.5 Å². The lowest BCUT2D eigenvalue weighted by Gasteiger charge is -2.47. The van der Waals surface area contributed by atoms with Gasteiger partial charge in [0.15, 0.2) is 0 Å². The zero-order chi connectivity index (χ0) is 24.6. The number of amides is 2. The number of nitrogens with one attached hydrogen (secondary N) is 1. The number of methoxy groups -OCH3 is 1. The number of aryl methyl sites for hydroxylation is 1. The Balaban J connectivity index is 1.37. The summed E-state index contributed by atoms with van der Waals surface area (Å²) in [5.41, 5.74) is 5.22. The highest BCUT2D eigenvalue weighted by molar-refractivity contribution is 5.97. The number of piperazine rings is 1. The van der Waals surface area contributed by atoms with Gasteiger partial charge in [0, 0.05) is 35.1 Å². The first-order chi connectivity index (χ1) is 17.7. The molecule has 6 nitrogen and oxygen atoms in total. The van der Waals surface area contributed by atoms with Gasteiger partial charge in [-0.05, 0) is 36.1 Å². The van der Waals surface area contributed by atoms with Crippen molar-refractivity contribution in [3.63, 3.8) is 0 Å². The second-order valence-corrected chi connectivity index (χ2v) is 9.58. The van der Waals surface area contributed by atoms with Crippen LogP contribution in [0.1, 0.15) is 34.8 Å². The molecule has 1 N–H and O–H groups in total. The smallest absolute Gasteiger partial charge is 0.246 e. The third-order valence-corrected chi connectivity index (χ3v) is 7.51. The second-order valence-electron chi connectivity index (χ2n) is 9.58.